The van der Waals surface area contributed by atoms with Gasteiger partial charge in [-0.1, -0.05) is 184 Å². The van der Waals surface area contributed by atoms with Gasteiger partial charge in [0, 0.05) is 142 Å². The van der Waals surface area contributed by atoms with E-state index in [-0.39, 0.29) is 131 Å². The van der Waals surface area contributed by atoms with Gasteiger partial charge in [-0.05, 0) is 37.8 Å². The largest absolute Gasteiger partial charge is 0.518 e. The Morgan fingerprint density at radius 1 is 0.517 bits per heavy atom. The summed E-state index contributed by atoms with van der Waals surface area (Å²) in [6.07, 6.45) is 23.9. The van der Waals surface area contributed by atoms with E-state index in [4.69, 9.17) is 26.3 Å². The number of benzene rings is 2. The number of hydrogen-bond donors (Lipinski definition) is 0. The van der Waals surface area contributed by atoms with Gasteiger partial charge in [0.15, 0.2) is 12.4 Å². The van der Waals surface area contributed by atoms with Gasteiger partial charge in [0.05, 0.1) is 0 Å². The van der Waals surface area contributed by atoms with Crippen LogP contribution in [0, 0.1) is 33.2 Å². The Morgan fingerprint density at radius 2 is 0.950 bits per heavy atom. The number of allylic oxidation sites excluding steroid dienone is 4. The minimum atomic E-state index is -0.636. The van der Waals surface area contributed by atoms with E-state index in [0.29, 0.717) is 0 Å². The zero-order chi connectivity index (χ0) is 43.0. The number of rotatable bonds is 4. The Hall–Kier alpha value is -0.544. The molecule has 0 amide bonds. The molecular weight excluding hydrogens is 1040 g/mol. The minimum Gasteiger partial charge on any atom is -0.518 e. The van der Waals surface area contributed by atoms with Crippen molar-refractivity contribution in [3.05, 3.63) is 166 Å². The first-order valence-corrected chi connectivity index (χ1v) is 20.7. The standard InChI is InChI=1S/C20H18N2.C20H14N2.6C2H6.4Y/c1-6-21-11-16-9-8-13(3)18(16)20(21)19-15(5)14(4)10-17(19)12-22(20)7-2;1-4-21-13-16-8-6-7-9-18(16)20(21)19-11-10-15(3)12-17(19)14-22(20)5-2;6*1-2;;;;/h1-2,6-8H,9-10H2,3-5H3;1-2,4-12H,3H3;6*1-2H3;;;;/q2*-2;;;;;;;;;;. The Labute approximate surface area is 469 Å². The smallest absolute Gasteiger partial charge is 0.319 e. The Kier molecular flexibility index (Phi) is 35.4. The fourth-order valence-electron chi connectivity index (χ4n) is 7.67. The fraction of sp³-hybridized carbons (Fsp3) is 0.385. The Bertz CT molecular complexity index is 2020. The van der Waals surface area contributed by atoms with Gasteiger partial charge in [0.1, 0.15) is 12.4 Å². The van der Waals surface area contributed by atoms with Crippen LogP contribution >= 0.6 is 0 Å². The molecule has 60 heavy (non-hydrogen) atoms. The predicted molar refractivity (Wildman–Crippen MR) is 239 cm³/mol. The molecule has 4 nitrogen and oxygen atoms in total. The molecule has 2 atom stereocenters. The zero-order valence-corrected chi connectivity index (χ0v) is 51.1. The topological polar surface area (TPSA) is 12.0 Å². The second kappa shape index (κ2) is 32.2. The quantitative estimate of drug-likeness (QED) is 0.214. The molecule has 8 heteroatoms. The third kappa shape index (κ3) is 11.8. The van der Waals surface area contributed by atoms with Gasteiger partial charge < -0.3 is 26.3 Å². The van der Waals surface area contributed by atoms with Crippen LogP contribution in [0.15, 0.2) is 112 Å². The van der Waals surface area contributed by atoms with Crippen LogP contribution in [0.3, 0.4) is 0 Å². The average molecular weight is 1100 g/mol. The van der Waals surface area contributed by atoms with Crippen molar-refractivity contribution < 1.29 is 149 Å². The van der Waals surface area contributed by atoms with Gasteiger partial charge >= 0.3 is 5.66 Å². The third-order valence-corrected chi connectivity index (χ3v) is 9.60. The molecule has 0 fully saturated rings. The van der Waals surface area contributed by atoms with E-state index < -0.39 is 11.3 Å². The van der Waals surface area contributed by atoms with Crippen LogP contribution in [0.25, 0.3) is 0 Å². The van der Waals surface area contributed by atoms with Crippen molar-refractivity contribution in [3.8, 4) is 0 Å². The maximum atomic E-state index is 5.96. The van der Waals surface area contributed by atoms with Gasteiger partial charge in [-0.2, -0.15) is 0 Å². The van der Waals surface area contributed by atoms with Crippen LogP contribution in [0.1, 0.15) is 145 Å². The summed E-state index contributed by atoms with van der Waals surface area (Å²) >= 11 is 0. The summed E-state index contributed by atoms with van der Waals surface area (Å²) in [5.41, 5.74) is 13.1. The summed E-state index contributed by atoms with van der Waals surface area (Å²) < 4.78 is 7.68. The van der Waals surface area contributed by atoms with Crippen molar-refractivity contribution in [1.82, 2.24) is 0 Å². The van der Waals surface area contributed by atoms with Gasteiger partial charge in [-0.25, -0.2) is 0 Å². The van der Waals surface area contributed by atoms with Gasteiger partial charge in [0.2, 0.25) is 0 Å². The molecule has 2 spiro atoms. The number of fused-ring (bicyclic) bond motifs is 6. The number of aryl methyl sites for hydroxylation is 1. The molecule has 0 saturated heterocycles. The summed E-state index contributed by atoms with van der Waals surface area (Å²) in [5, 5.41) is 0. The van der Waals surface area contributed by atoms with Gasteiger partial charge in [0.25, 0.3) is 5.66 Å². The molecule has 312 valence electrons. The molecule has 2 aromatic carbocycles. The molecular formula is C52H68N4Y4-4. The summed E-state index contributed by atoms with van der Waals surface area (Å²) in [7, 11) is 0. The summed E-state index contributed by atoms with van der Waals surface area (Å²) in [4.78, 5) is 0. The molecule has 2 aromatic rings. The van der Waals surface area contributed by atoms with Crippen LogP contribution in [0.4, 0.5) is 0 Å². The minimum absolute atomic E-state index is 0. The SMILES string of the molecule is CC.CC.CC.CC.CC.CC.[CH-]=C[N+]1=[C-]C2=C(C(C)=CC2)C12C1=C([C-]=[N+]2C=[CH-])CC(C)=C1C.[CH-]=C[N+]1=[C-]c2ccccc2C12c1ccc(C)cc1[C-]=[N+]2C=[CH-].[Y].[Y].[Y].[Y]. The van der Waals surface area contributed by atoms with Crippen molar-refractivity contribution >= 4 is 24.9 Å². The molecule has 0 aromatic heterocycles. The molecule has 4 aliphatic heterocycles. The van der Waals surface area contributed by atoms with Crippen molar-refractivity contribution in [2.24, 2.45) is 0 Å². The molecule has 0 N–H and O–H groups in total. The van der Waals surface area contributed by atoms with E-state index >= 15 is 0 Å². The fourth-order valence-corrected chi connectivity index (χ4v) is 7.67. The maximum absolute atomic E-state index is 5.96. The van der Waals surface area contributed by atoms with Crippen LogP contribution in [0.5, 0.6) is 0 Å². The van der Waals surface area contributed by atoms with E-state index in [1.807, 2.05) is 120 Å². The van der Waals surface area contributed by atoms with Crippen molar-refractivity contribution in [1.29, 1.82) is 0 Å². The first-order chi connectivity index (χ1) is 27.3. The average Bonchev–Trinajstić information content (AvgIpc) is 4.10. The molecule has 4 heterocycles. The summed E-state index contributed by atoms with van der Waals surface area (Å²) in [6, 6.07) is 14.4. The molecule has 2 unspecified atom stereocenters. The number of hydrogen-bond acceptors (Lipinski definition) is 0. The van der Waals surface area contributed by atoms with Crippen LogP contribution in [-0.4, -0.2) is 48.8 Å². The number of nitrogens with zero attached hydrogens (tertiary/aromatic N) is 4. The van der Waals surface area contributed by atoms with Crippen molar-refractivity contribution in [2.75, 3.05) is 0 Å². The predicted octanol–water partition coefficient (Wildman–Crippen LogP) is 12.1. The molecule has 2 aliphatic carbocycles. The normalized spacial score (nSPS) is 19.0. The van der Waals surface area contributed by atoms with Crippen LogP contribution in [-0.2, 0) is 136 Å². The van der Waals surface area contributed by atoms with Crippen LogP contribution < -0.4 is 0 Å². The van der Waals surface area contributed by atoms with Gasteiger partial charge in [-0.3, -0.25) is 18.3 Å². The summed E-state index contributed by atoms with van der Waals surface area (Å²) in [5.74, 6) is 0. The first-order valence-electron chi connectivity index (χ1n) is 20.7. The summed E-state index contributed by atoms with van der Waals surface area (Å²) in [6.45, 7) is 56.3. The molecule has 8 rings (SSSR count). The zero-order valence-electron chi connectivity index (χ0n) is 39.8. The van der Waals surface area contributed by atoms with Crippen molar-refractivity contribution in [3.63, 3.8) is 0 Å². The maximum Gasteiger partial charge on any atom is 0.319 e. The van der Waals surface area contributed by atoms with E-state index in [1.165, 1.54) is 57.0 Å². The van der Waals surface area contributed by atoms with E-state index in [9.17, 15) is 0 Å². The van der Waals surface area contributed by atoms with E-state index in [1.54, 1.807) is 12.4 Å². The molecule has 0 bridgehead atoms. The monoisotopic (exact) mass is 1100 g/mol. The molecule has 4 radical (unpaired) electrons. The van der Waals surface area contributed by atoms with Crippen LogP contribution in [0.2, 0.25) is 0 Å². The second-order valence-electron chi connectivity index (χ2n) is 11.8. The second-order valence-corrected chi connectivity index (χ2v) is 11.8. The van der Waals surface area contributed by atoms with E-state index in [0.717, 1.165) is 35.1 Å². The molecule has 6 aliphatic rings. The Morgan fingerprint density at radius 3 is 1.45 bits per heavy atom. The van der Waals surface area contributed by atoms with Gasteiger partial charge in [-0.15, -0.1) is 30.6 Å². The molecule has 0 saturated carbocycles. The van der Waals surface area contributed by atoms with E-state index in [2.05, 4.69) is 82.9 Å². The van der Waals surface area contributed by atoms with Crippen molar-refractivity contribution in [2.45, 2.75) is 135 Å². The third-order valence-electron chi connectivity index (χ3n) is 9.60. The first kappa shape index (κ1) is 66.1. The Balaban J connectivity index is -0.000000397.